The number of pyridine rings is 2. The first-order chi connectivity index (χ1) is 18.6. The van der Waals surface area contributed by atoms with Crippen molar-refractivity contribution in [3.05, 3.63) is 59.9 Å². The molecule has 12 heteroatoms. The van der Waals surface area contributed by atoms with E-state index < -0.39 is 21.7 Å². The Bertz CT molecular complexity index is 1450. The van der Waals surface area contributed by atoms with Crippen LogP contribution >= 0.6 is 0 Å². The Hall–Kier alpha value is -3.77. The van der Waals surface area contributed by atoms with Crippen LogP contribution in [-0.2, 0) is 14.8 Å². The van der Waals surface area contributed by atoms with Gasteiger partial charge in [0.15, 0.2) is 5.03 Å². The van der Waals surface area contributed by atoms with E-state index >= 15 is 0 Å². The van der Waals surface area contributed by atoms with E-state index in [-0.39, 0.29) is 34.2 Å². The molecule has 0 aliphatic carbocycles. The molecular formula is C27H32FN5O5S. The molecule has 0 radical (unpaired) electrons. The number of nitrogen functional groups attached to an aromatic ring is 1. The van der Waals surface area contributed by atoms with Crippen LogP contribution in [-0.4, -0.2) is 57.2 Å². The van der Waals surface area contributed by atoms with Gasteiger partial charge in [-0.05, 0) is 55.2 Å². The monoisotopic (exact) mass is 557 g/mol. The second-order valence-corrected chi connectivity index (χ2v) is 11.4. The van der Waals surface area contributed by atoms with Crippen molar-refractivity contribution in [3.8, 4) is 17.0 Å². The number of methoxy groups -OCH3 is 1. The number of aromatic nitrogens is 2. The molecule has 0 bridgehead atoms. The summed E-state index contributed by atoms with van der Waals surface area (Å²) in [4.78, 5) is 23.8. The van der Waals surface area contributed by atoms with Gasteiger partial charge in [-0.1, -0.05) is 19.9 Å². The number of hydrogen-bond acceptors (Lipinski definition) is 9. The minimum absolute atomic E-state index is 0.00310. The average molecular weight is 558 g/mol. The molecule has 0 unspecified atom stereocenters. The number of sulfonamides is 1. The van der Waals surface area contributed by atoms with Gasteiger partial charge in [0.2, 0.25) is 0 Å². The molecule has 0 saturated carbocycles. The molecule has 1 amide bonds. The van der Waals surface area contributed by atoms with E-state index in [1.807, 2.05) is 18.7 Å². The molecule has 4 rings (SSSR count). The van der Waals surface area contributed by atoms with Crippen LogP contribution in [0.3, 0.4) is 0 Å². The second kappa shape index (κ2) is 12.0. The molecule has 1 aromatic carbocycles. The number of carbonyl (C=O) groups is 1. The van der Waals surface area contributed by atoms with Gasteiger partial charge in [-0.2, -0.15) is 8.42 Å². The molecule has 1 saturated heterocycles. The lowest BCUT2D eigenvalue weighted by atomic mass is 10.1. The fourth-order valence-electron chi connectivity index (χ4n) is 4.35. The molecular weight excluding hydrogens is 525 g/mol. The Morgan fingerprint density at radius 2 is 2.00 bits per heavy atom. The lowest BCUT2D eigenvalue weighted by Crippen LogP contribution is -2.37. The summed E-state index contributed by atoms with van der Waals surface area (Å²) in [5.41, 5.74) is 6.53. The number of benzene rings is 1. The first-order valence-electron chi connectivity index (χ1n) is 12.6. The van der Waals surface area contributed by atoms with Crippen LogP contribution in [0.15, 0.2) is 53.6 Å². The van der Waals surface area contributed by atoms with E-state index in [4.69, 9.17) is 20.2 Å². The average Bonchev–Trinajstić information content (AvgIpc) is 3.35. The zero-order valence-electron chi connectivity index (χ0n) is 22.1. The standard InChI is InChI=1S/C27H32FN5O5S/c1-17(2)15-38-21-13-18(12-19(28)14-21)23-10-9-22(26(30-23)33-11-5-6-20(33)16-37-3)27(34)32-39(35,36)25-8-4-7-24(29)31-25/h4,7-10,12-14,17,20H,5-6,11,15-16H2,1-3H3,(H2,29,31)(H,32,34)/t20-/m0/s1. The van der Waals surface area contributed by atoms with Gasteiger partial charge < -0.3 is 20.1 Å². The summed E-state index contributed by atoms with van der Waals surface area (Å²) in [5, 5.41) is -0.380. The molecule has 3 heterocycles. The van der Waals surface area contributed by atoms with Crippen molar-refractivity contribution in [2.75, 3.05) is 37.5 Å². The number of halogens is 1. The number of carbonyl (C=O) groups excluding carboxylic acids is 1. The van der Waals surface area contributed by atoms with Gasteiger partial charge in [-0.15, -0.1) is 0 Å². The maximum Gasteiger partial charge on any atom is 0.281 e. The number of nitrogens with zero attached hydrogens (tertiary/aromatic N) is 3. The summed E-state index contributed by atoms with van der Waals surface area (Å²) in [6.45, 7) is 5.38. The second-order valence-electron chi connectivity index (χ2n) is 9.73. The lowest BCUT2D eigenvalue weighted by Gasteiger charge is -2.27. The van der Waals surface area contributed by atoms with E-state index in [0.29, 0.717) is 36.8 Å². The molecule has 3 N–H and O–H groups in total. The van der Waals surface area contributed by atoms with E-state index in [1.165, 1.54) is 36.4 Å². The van der Waals surface area contributed by atoms with Crippen molar-refractivity contribution in [2.45, 2.75) is 37.8 Å². The van der Waals surface area contributed by atoms with Crippen molar-refractivity contribution >= 4 is 27.6 Å². The van der Waals surface area contributed by atoms with Gasteiger partial charge in [0.1, 0.15) is 23.2 Å². The summed E-state index contributed by atoms with van der Waals surface area (Å²) in [6, 6.07) is 11.4. The zero-order chi connectivity index (χ0) is 28.2. The highest BCUT2D eigenvalue weighted by Crippen LogP contribution is 2.32. The summed E-state index contributed by atoms with van der Waals surface area (Å²) in [6.07, 6.45) is 1.64. The molecule has 39 heavy (non-hydrogen) atoms. The van der Waals surface area contributed by atoms with E-state index in [2.05, 4.69) is 9.71 Å². The summed E-state index contributed by atoms with van der Waals surface area (Å²) in [5.74, 6) is -0.473. The topological polar surface area (TPSA) is 137 Å². The Morgan fingerprint density at radius 3 is 2.72 bits per heavy atom. The predicted octanol–water partition coefficient (Wildman–Crippen LogP) is 3.63. The van der Waals surface area contributed by atoms with E-state index in [9.17, 15) is 17.6 Å². The molecule has 0 spiro atoms. The molecule has 10 nitrogen and oxygen atoms in total. The third kappa shape index (κ3) is 6.82. The van der Waals surface area contributed by atoms with E-state index in [0.717, 1.165) is 12.8 Å². The molecule has 1 atom stereocenters. The van der Waals surface area contributed by atoms with Gasteiger partial charge in [0, 0.05) is 25.3 Å². The molecule has 1 fully saturated rings. The zero-order valence-corrected chi connectivity index (χ0v) is 22.9. The maximum absolute atomic E-state index is 14.5. The molecule has 3 aromatic rings. The Kier molecular flexibility index (Phi) is 8.66. The predicted molar refractivity (Wildman–Crippen MR) is 146 cm³/mol. The van der Waals surface area contributed by atoms with Crippen molar-refractivity contribution in [1.82, 2.24) is 14.7 Å². The number of nitrogens with two attached hydrogens (primary N) is 1. The van der Waals surface area contributed by atoms with Gasteiger partial charge in [0.25, 0.3) is 15.9 Å². The number of rotatable bonds is 10. The van der Waals surface area contributed by atoms with Crippen molar-refractivity contribution in [1.29, 1.82) is 0 Å². The third-order valence-corrected chi connectivity index (χ3v) is 7.36. The first kappa shape index (κ1) is 28.2. The highest BCUT2D eigenvalue weighted by atomic mass is 32.2. The summed E-state index contributed by atoms with van der Waals surface area (Å²) >= 11 is 0. The van der Waals surface area contributed by atoms with Crippen LogP contribution in [0.1, 0.15) is 37.0 Å². The Labute approximate surface area is 227 Å². The van der Waals surface area contributed by atoms with Crippen LogP contribution in [0.5, 0.6) is 5.75 Å². The fourth-order valence-corrected chi connectivity index (χ4v) is 5.29. The van der Waals surface area contributed by atoms with Crippen LogP contribution in [0.4, 0.5) is 16.0 Å². The Balaban J connectivity index is 1.74. The molecule has 1 aliphatic rings. The van der Waals surface area contributed by atoms with Crippen molar-refractivity contribution in [3.63, 3.8) is 0 Å². The smallest absolute Gasteiger partial charge is 0.281 e. The number of amides is 1. The summed E-state index contributed by atoms with van der Waals surface area (Å²) in [7, 11) is -2.72. The van der Waals surface area contributed by atoms with Crippen molar-refractivity contribution in [2.24, 2.45) is 5.92 Å². The lowest BCUT2D eigenvalue weighted by molar-refractivity contribution is 0.0981. The molecule has 2 aromatic heterocycles. The van der Waals surface area contributed by atoms with Crippen LogP contribution < -0.4 is 20.1 Å². The van der Waals surface area contributed by atoms with Gasteiger partial charge in [-0.3, -0.25) is 4.79 Å². The largest absolute Gasteiger partial charge is 0.493 e. The van der Waals surface area contributed by atoms with Crippen LogP contribution in [0.2, 0.25) is 0 Å². The fraction of sp³-hybridized carbons (Fsp3) is 0.370. The molecule has 1 aliphatic heterocycles. The van der Waals surface area contributed by atoms with Gasteiger partial charge in [-0.25, -0.2) is 19.1 Å². The third-order valence-electron chi connectivity index (χ3n) is 6.13. The number of anilines is 2. The van der Waals surface area contributed by atoms with E-state index in [1.54, 1.807) is 19.2 Å². The van der Waals surface area contributed by atoms with Crippen molar-refractivity contribution < 1.29 is 27.1 Å². The number of nitrogens with one attached hydrogen (secondary N) is 1. The highest BCUT2D eigenvalue weighted by Gasteiger charge is 2.31. The number of hydrogen-bond donors (Lipinski definition) is 2. The van der Waals surface area contributed by atoms with Crippen LogP contribution in [0.25, 0.3) is 11.3 Å². The number of ether oxygens (including phenoxy) is 2. The van der Waals surface area contributed by atoms with Gasteiger partial charge in [0.05, 0.1) is 30.5 Å². The maximum atomic E-state index is 14.5. The molecule has 208 valence electrons. The SMILES string of the molecule is COC[C@@H]1CCCN1c1nc(-c2cc(F)cc(OCC(C)C)c2)ccc1C(=O)NS(=O)(=O)c1cccc(N)n1. The normalized spacial score (nSPS) is 15.5. The first-order valence-corrected chi connectivity index (χ1v) is 14.1. The Morgan fingerprint density at radius 1 is 1.21 bits per heavy atom. The minimum Gasteiger partial charge on any atom is -0.493 e. The minimum atomic E-state index is -4.31. The quantitative estimate of drug-likeness (QED) is 0.383. The highest BCUT2D eigenvalue weighted by molar-refractivity contribution is 7.90. The van der Waals surface area contributed by atoms with Gasteiger partial charge >= 0.3 is 0 Å². The summed E-state index contributed by atoms with van der Waals surface area (Å²) < 4.78 is 53.4. The van der Waals surface area contributed by atoms with Crippen LogP contribution in [0, 0.1) is 11.7 Å².